The molecule has 0 fully saturated rings. The number of amides is 1. The Labute approximate surface area is 138 Å². The molecule has 0 saturated heterocycles. The van der Waals surface area contributed by atoms with Crippen LogP contribution in [0.15, 0.2) is 42.5 Å². The minimum Gasteiger partial charge on any atom is -0.340 e. The number of anilines is 1. The zero-order valence-electron chi connectivity index (χ0n) is 12.2. The monoisotopic (exact) mass is 332 g/mol. The smallest absolute Gasteiger partial charge is 0.272 e. The fourth-order valence-electron chi connectivity index (χ4n) is 2.47. The number of hydrogen-bond donors (Lipinski definition) is 1. The molecule has 112 valence electrons. The molecule has 1 heterocycles. The molecule has 1 N–H and O–H groups in total. The highest BCUT2D eigenvalue weighted by Gasteiger charge is 2.16. The summed E-state index contributed by atoms with van der Waals surface area (Å²) in [6, 6.07) is 12.8. The summed E-state index contributed by atoms with van der Waals surface area (Å²) < 4.78 is 1.83. The van der Waals surface area contributed by atoms with E-state index in [1.54, 1.807) is 12.1 Å². The maximum atomic E-state index is 12.6. The van der Waals surface area contributed by atoms with Crippen molar-refractivity contribution in [3.05, 3.63) is 63.8 Å². The lowest BCUT2D eigenvalue weighted by Gasteiger charge is -2.10. The van der Waals surface area contributed by atoms with Gasteiger partial charge in [-0.1, -0.05) is 35.3 Å². The standard InChI is InChI=1S/C17H14Cl2N2O/c1-10-12(18)5-3-7-14(10)20-17(22)16-9-11-13(19)6-4-8-15(11)21(16)2/h3-9H,1-2H3,(H,20,22). The van der Waals surface area contributed by atoms with E-state index in [1.165, 1.54) is 0 Å². The molecule has 5 heteroatoms. The summed E-state index contributed by atoms with van der Waals surface area (Å²) in [5.41, 5.74) is 3.01. The van der Waals surface area contributed by atoms with Crippen LogP contribution in [0.1, 0.15) is 16.1 Å². The molecule has 0 unspecified atom stereocenters. The van der Waals surface area contributed by atoms with Gasteiger partial charge in [0.15, 0.2) is 0 Å². The van der Waals surface area contributed by atoms with Crippen LogP contribution in [0.4, 0.5) is 5.69 Å². The second-order valence-corrected chi connectivity index (χ2v) is 5.94. The van der Waals surface area contributed by atoms with E-state index >= 15 is 0 Å². The van der Waals surface area contributed by atoms with Crippen molar-refractivity contribution in [3.63, 3.8) is 0 Å². The predicted molar refractivity (Wildman–Crippen MR) is 92.1 cm³/mol. The molecule has 2 aromatic carbocycles. The van der Waals surface area contributed by atoms with E-state index in [2.05, 4.69) is 5.32 Å². The summed E-state index contributed by atoms with van der Waals surface area (Å²) >= 11 is 12.3. The molecular formula is C17H14Cl2N2O. The fourth-order valence-corrected chi connectivity index (χ4v) is 2.87. The Morgan fingerprint density at radius 1 is 1.09 bits per heavy atom. The van der Waals surface area contributed by atoms with Gasteiger partial charge in [-0.3, -0.25) is 4.79 Å². The molecule has 0 radical (unpaired) electrons. The molecule has 3 aromatic rings. The van der Waals surface area contributed by atoms with E-state index in [0.717, 1.165) is 16.5 Å². The van der Waals surface area contributed by atoms with Crippen molar-refractivity contribution in [1.29, 1.82) is 0 Å². The highest BCUT2D eigenvalue weighted by atomic mass is 35.5. The summed E-state index contributed by atoms with van der Waals surface area (Å²) in [5, 5.41) is 5.02. The molecule has 0 aliphatic heterocycles. The third-order valence-corrected chi connectivity index (χ3v) is 4.52. The number of nitrogens with zero attached hydrogens (tertiary/aromatic N) is 1. The third kappa shape index (κ3) is 2.47. The molecule has 1 aromatic heterocycles. The number of rotatable bonds is 2. The van der Waals surface area contributed by atoms with Crippen LogP contribution in [0, 0.1) is 6.92 Å². The topological polar surface area (TPSA) is 34.0 Å². The van der Waals surface area contributed by atoms with Crippen LogP contribution < -0.4 is 5.32 Å². The summed E-state index contributed by atoms with van der Waals surface area (Å²) in [4.78, 5) is 12.6. The molecular weight excluding hydrogens is 319 g/mol. The minimum atomic E-state index is -0.194. The van der Waals surface area contributed by atoms with Crippen LogP contribution in [-0.4, -0.2) is 10.5 Å². The first kappa shape index (κ1) is 14.9. The Hall–Kier alpha value is -1.97. The van der Waals surface area contributed by atoms with Gasteiger partial charge in [0.05, 0.1) is 0 Å². The van der Waals surface area contributed by atoms with E-state index in [9.17, 15) is 4.79 Å². The van der Waals surface area contributed by atoms with Crippen LogP contribution >= 0.6 is 23.2 Å². The van der Waals surface area contributed by atoms with Crippen molar-refractivity contribution >= 4 is 45.7 Å². The number of carbonyl (C=O) groups is 1. The second-order valence-electron chi connectivity index (χ2n) is 5.13. The van der Waals surface area contributed by atoms with Gasteiger partial charge in [0.2, 0.25) is 0 Å². The van der Waals surface area contributed by atoms with Gasteiger partial charge in [0.1, 0.15) is 5.69 Å². The number of halogens is 2. The quantitative estimate of drug-likeness (QED) is 0.700. The molecule has 3 nitrogen and oxygen atoms in total. The second kappa shape index (κ2) is 5.67. The van der Waals surface area contributed by atoms with Crippen molar-refractivity contribution in [3.8, 4) is 0 Å². The highest BCUT2D eigenvalue weighted by Crippen LogP contribution is 2.28. The summed E-state index contributed by atoms with van der Waals surface area (Å²) in [7, 11) is 1.85. The Bertz CT molecular complexity index is 884. The maximum absolute atomic E-state index is 12.6. The first-order valence-electron chi connectivity index (χ1n) is 6.79. The van der Waals surface area contributed by atoms with Gasteiger partial charge in [-0.05, 0) is 42.8 Å². The average Bonchev–Trinajstić information content (AvgIpc) is 2.83. The van der Waals surface area contributed by atoms with E-state index in [1.807, 2.05) is 48.9 Å². The van der Waals surface area contributed by atoms with Crippen molar-refractivity contribution in [2.75, 3.05) is 5.32 Å². The zero-order valence-corrected chi connectivity index (χ0v) is 13.7. The minimum absolute atomic E-state index is 0.194. The average molecular weight is 333 g/mol. The summed E-state index contributed by atoms with van der Waals surface area (Å²) in [5.74, 6) is -0.194. The van der Waals surface area contributed by atoms with E-state index in [0.29, 0.717) is 21.4 Å². The third-order valence-electron chi connectivity index (χ3n) is 3.78. The largest absolute Gasteiger partial charge is 0.340 e. The lowest BCUT2D eigenvalue weighted by molar-refractivity contribution is 0.101. The first-order chi connectivity index (χ1) is 10.5. The normalized spacial score (nSPS) is 10.9. The number of fused-ring (bicyclic) bond motifs is 1. The zero-order chi connectivity index (χ0) is 15.9. The predicted octanol–water partition coefficient (Wildman–Crippen LogP) is 5.05. The Morgan fingerprint density at radius 3 is 2.50 bits per heavy atom. The van der Waals surface area contributed by atoms with Gasteiger partial charge in [-0.15, -0.1) is 0 Å². The summed E-state index contributed by atoms with van der Waals surface area (Å²) in [6.07, 6.45) is 0. The van der Waals surface area contributed by atoms with Gasteiger partial charge in [-0.2, -0.15) is 0 Å². The number of aromatic nitrogens is 1. The van der Waals surface area contributed by atoms with Crippen LogP contribution in [0.3, 0.4) is 0 Å². The molecule has 0 bridgehead atoms. The molecule has 0 saturated carbocycles. The maximum Gasteiger partial charge on any atom is 0.272 e. The Balaban J connectivity index is 2.01. The summed E-state index contributed by atoms with van der Waals surface area (Å²) in [6.45, 7) is 1.87. The number of benzene rings is 2. The molecule has 22 heavy (non-hydrogen) atoms. The number of hydrogen-bond acceptors (Lipinski definition) is 1. The Morgan fingerprint density at radius 2 is 1.77 bits per heavy atom. The van der Waals surface area contributed by atoms with E-state index in [4.69, 9.17) is 23.2 Å². The van der Waals surface area contributed by atoms with Crippen LogP contribution in [0.2, 0.25) is 10.0 Å². The Kier molecular flexibility index (Phi) is 3.85. The van der Waals surface area contributed by atoms with Gasteiger partial charge in [0, 0.05) is 33.7 Å². The van der Waals surface area contributed by atoms with Crippen molar-refractivity contribution < 1.29 is 4.79 Å². The highest BCUT2D eigenvalue weighted by molar-refractivity contribution is 6.35. The fraction of sp³-hybridized carbons (Fsp3) is 0.118. The van der Waals surface area contributed by atoms with Crippen LogP contribution in [0.5, 0.6) is 0 Å². The van der Waals surface area contributed by atoms with Crippen LogP contribution in [-0.2, 0) is 7.05 Å². The molecule has 3 rings (SSSR count). The van der Waals surface area contributed by atoms with E-state index < -0.39 is 0 Å². The lowest BCUT2D eigenvalue weighted by atomic mass is 10.2. The van der Waals surface area contributed by atoms with Crippen LogP contribution in [0.25, 0.3) is 10.9 Å². The molecule has 0 spiro atoms. The molecule has 0 aliphatic rings. The SMILES string of the molecule is Cc1c(Cl)cccc1NC(=O)c1cc2c(Cl)cccc2n1C. The number of nitrogens with one attached hydrogen (secondary N) is 1. The van der Waals surface area contributed by atoms with Crippen molar-refractivity contribution in [1.82, 2.24) is 4.57 Å². The molecule has 0 atom stereocenters. The molecule has 1 amide bonds. The van der Waals surface area contributed by atoms with Gasteiger partial charge in [0.25, 0.3) is 5.91 Å². The lowest BCUT2D eigenvalue weighted by Crippen LogP contribution is -2.16. The van der Waals surface area contributed by atoms with Gasteiger partial charge in [-0.25, -0.2) is 0 Å². The van der Waals surface area contributed by atoms with Gasteiger partial charge >= 0.3 is 0 Å². The molecule has 0 aliphatic carbocycles. The van der Waals surface area contributed by atoms with Gasteiger partial charge < -0.3 is 9.88 Å². The number of carbonyl (C=O) groups excluding carboxylic acids is 1. The number of aryl methyl sites for hydroxylation is 1. The van der Waals surface area contributed by atoms with E-state index in [-0.39, 0.29) is 5.91 Å². The van der Waals surface area contributed by atoms with Crippen molar-refractivity contribution in [2.45, 2.75) is 6.92 Å². The first-order valence-corrected chi connectivity index (χ1v) is 7.55. The van der Waals surface area contributed by atoms with Crippen molar-refractivity contribution in [2.24, 2.45) is 7.05 Å².